The van der Waals surface area contributed by atoms with Crippen molar-refractivity contribution in [2.24, 2.45) is 0 Å². The van der Waals surface area contributed by atoms with Gasteiger partial charge in [-0.25, -0.2) is 9.97 Å². The van der Waals surface area contributed by atoms with E-state index in [1.165, 1.54) is 11.1 Å². The van der Waals surface area contributed by atoms with Crippen molar-refractivity contribution in [2.75, 3.05) is 10.2 Å². The third-order valence-corrected chi connectivity index (χ3v) is 4.96. The first kappa shape index (κ1) is 16.9. The van der Waals surface area contributed by atoms with Gasteiger partial charge in [-0.1, -0.05) is 41.9 Å². The topological polar surface area (TPSA) is 41.1 Å². The van der Waals surface area contributed by atoms with Gasteiger partial charge in [-0.15, -0.1) is 0 Å². The third-order valence-electron chi connectivity index (χ3n) is 4.72. The Bertz CT molecular complexity index is 941. The first-order chi connectivity index (χ1) is 12.6. The monoisotopic (exact) mass is 364 g/mol. The highest BCUT2D eigenvalue weighted by atomic mass is 35.5. The van der Waals surface area contributed by atoms with E-state index < -0.39 is 0 Å². The number of nitrogens with one attached hydrogen (secondary N) is 1. The van der Waals surface area contributed by atoms with Crippen LogP contribution < -0.4 is 10.2 Å². The fraction of sp³-hybridized carbons (Fsp3) is 0.238. The van der Waals surface area contributed by atoms with Gasteiger partial charge in [0.25, 0.3) is 0 Å². The molecule has 0 radical (unpaired) electrons. The Morgan fingerprint density at radius 2 is 1.85 bits per heavy atom. The number of anilines is 3. The van der Waals surface area contributed by atoms with Gasteiger partial charge in [-0.05, 0) is 49.6 Å². The first-order valence-electron chi connectivity index (χ1n) is 8.80. The van der Waals surface area contributed by atoms with Crippen LogP contribution in [0.5, 0.6) is 0 Å². The summed E-state index contributed by atoms with van der Waals surface area (Å²) in [7, 11) is 0. The molecule has 4 nitrogen and oxygen atoms in total. The van der Waals surface area contributed by atoms with Crippen molar-refractivity contribution in [3.63, 3.8) is 0 Å². The molecule has 132 valence electrons. The number of hydrogen-bond donors (Lipinski definition) is 1. The standard InChI is InChI=1S/C21H21ClN4/c1-14-10-16-6-3-4-7-17(16)13-26(14)21-12-20(23-15(2)24-21)25-19-9-5-8-18(22)11-19/h3-9,11-12,14H,10,13H2,1-2H3,(H,23,24,25)/t14-/m0/s1. The molecule has 1 atom stereocenters. The summed E-state index contributed by atoms with van der Waals surface area (Å²) in [5.74, 6) is 2.47. The van der Waals surface area contributed by atoms with Crippen LogP contribution in [-0.4, -0.2) is 16.0 Å². The molecule has 5 heteroatoms. The molecule has 0 amide bonds. The van der Waals surface area contributed by atoms with E-state index in [4.69, 9.17) is 11.6 Å². The predicted octanol–water partition coefficient (Wildman–Crippen LogP) is 5.13. The molecule has 0 bridgehead atoms. The summed E-state index contributed by atoms with van der Waals surface area (Å²) in [6, 6.07) is 18.7. The Morgan fingerprint density at radius 1 is 1.04 bits per heavy atom. The number of aryl methyl sites for hydroxylation is 1. The molecule has 0 spiro atoms. The molecule has 1 aromatic heterocycles. The number of nitrogens with zero attached hydrogens (tertiary/aromatic N) is 3. The maximum absolute atomic E-state index is 6.08. The van der Waals surface area contributed by atoms with Crippen LogP contribution >= 0.6 is 11.6 Å². The molecule has 2 aromatic carbocycles. The lowest BCUT2D eigenvalue weighted by Gasteiger charge is -2.36. The Balaban J connectivity index is 1.64. The Kier molecular flexibility index (Phi) is 4.51. The molecule has 1 N–H and O–H groups in total. The van der Waals surface area contributed by atoms with Crippen molar-refractivity contribution in [3.8, 4) is 0 Å². The molecule has 0 saturated carbocycles. The van der Waals surface area contributed by atoms with E-state index in [2.05, 4.69) is 51.4 Å². The maximum Gasteiger partial charge on any atom is 0.136 e. The van der Waals surface area contributed by atoms with Crippen molar-refractivity contribution in [1.82, 2.24) is 9.97 Å². The Morgan fingerprint density at radius 3 is 2.65 bits per heavy atom. The van der Waals surface area contributed by atoms with E-state index in [0.29, 0.717) is 11.1 Å². The summed E-state index contributed by atoms with van der Waals surface area (Å²) in [6.07, 6.45) is 1.02. The minimum absolute atomic E-state index is 0.387. The summed E-state index contributed by atoms with van der Waals surface area (Å²) < 4.78 is 0. The summed E-state index contributed by atoms with van der Waals surface area (Å²) in [5, 5.41) is 4.03. The van der Waals surface area contributed by atoms with Gasteiger partial charge in [0.15, 0.2) is 0 Å². The summed E-state index contributed by atoms with van der Waals surface area (Å²) in [6.45, 7) is 5.04. The van der Waals surface area contributed by atoms with Crippen LogP contribution in [0.25, 0.3) is 0 Å². The predicted molar refractivity (Wildman–Crippen MR) is 107 cm³/mol. The zero-order valence-electron chi connectivity index (χ0n) is 14.9. The number of halogens is 1. The molecule has 0 unspecified atom stereocenters. The minimum atomic E-state index is 0.387. The largest absolute Gasteiger partial charge is 0.349 e. The third kappa shape index (κ3) is 3.51. The van der Waals surface area contributed by atoms with Crippen molar-refractivity contribution >= 4 is 28.9 Å². The van der Waals surface area contributed by atoms with Crippen LogP contribution in [-0.2, 0) is 13.0 Å². The number of hydrogen-bond acceptors (Lipinski definition) is 4. The second-order valence-electron chi connectivity index (χ2n) is 6.74. The van der Waals surface area contributed by atoms with Crippen LogP contribution in [0, 0.1) is 6.92 Å². The van der Waals surface area contributed by atoms with Gasteiger partial charge < -0.3 is 10.2 Å². The molecule has 26 heavy (non-hydrogen) atoms. The smallest absolute Gasteiger partial charge is 0.136 e. The SMILES string of the molecule is Cc1nc(Nc2cccc(Cl)c2)cc(N2Cc3ccccc3C[C@@H]2C)n1. The Labute approximate surface area is 158 Å². The van der Waals surface area contributed by atoms with Crippen molar-refractivity contribution in [3.05, 3.63) is 76.6 Å². The molecule has 1 aliphatic rings. The summed E-state index contributed by atoms with van der Waals surface area (Å²) >= 11 is 6.08. The van der Waals surface area contributed by atoms with E-state index in [1.54, 1.807) is 0 Å². The lowest BCUT2D eigenvalue weighted by atomic mass is 9.95. The molecular weight excluding hydrogens is 344 g/mol. The van der Waals surface area contributed by atoms with E-state index in [9.17, 15) is 0 Å². The highest BCUT2D eigenvalue weighted by Gasteiger charge is 2.24. The highest BCUT2D eigenvalue weighted by molar-refractivity contribution is 6.30. The average molecular weight is 365 g/mol. The van der Waals surface area contributed by atoms with Crippen LogP contribution in [0.3, 0.4) is 0 Å². The molecule has 0 saturated heterocycles. The molecule has 0 fully saturated rings. The quantitative estimate of drug-likeness (QED) is 0.699. The van der Waals surface area contributed by atoms with Crippen molar-refractivity contribution in [2.45, 2.75) is 32.9 Å². The van der Waals surface area contributed by atoms with Crippen molar-refractivity contribution < 1.29 is 0 Å². The maximum atomic E-state index is 6.08. The highest BCUT2D eigenvalue weighted by Crippen LogP contribution is 2.29. The normalized spacial score (nSPS) is 16.3. The number of benzene rings is 2. The second-order valence-corrected chi connectivity index (χ2v) is 7.18. The summed E-state index contributed by atoms with van der Waals surface area (Å²) in [5.41, 5.74) is 3.71. The number of aromatic nitrogens is 2. The van der Waals surface area contributed by atoms with Gasteiger partial charge in [0.2, 0.25) is 0 Å². The summed E-state index contributed by atoms with van der Waals surface area (Å²) in [4.78, 5) is 11.6. The van der Waals surface area contributed by atoms with Gasteiger partial charge in [-0.2, -0.15) is 0 Å². The lowest BCUT2D eigenvalue weighted by molar-refractivity contribution is 0.586. The van der Waals surface area contributed by atoms with E-state index in [1.807, 2.05) is 37.3 Å². The van der Waals surface area contributed by atoms with Gasteiger partial charge in [0.05, 0.1) is 0 Å². The minimum Gasteiger partial charge on any atom is -0.349 e. The zero-order chi connectivity index (χ0) is 18.1. The van der Waals surface area contributed by atoms with Gasteiger partial charge in [0.1, 0.15) is 17.5 Å². The molecule has 4 rings (SSSR count). The molecular formula is C21H21ClN4. The van der Waals surface area contributed by atoms with E-state index >= 15 is 0 Å². The molecule has 0 aliphatic carbocycles. The van der Waals surface area contributed by atoms with Gasteiger partial charge in [-0.3, -0.25) is 0 Å². The van der Waals surface area contributed by atoms with Gasteiger partial charge in [0, 0.05) is 29.4 Å². The lowest BCUT2D eigenvalue weighted by Crippen LogP contribution is -2.39. The van der Waals surface area contributed by atoms with Crippen LogP contribution in [0.1, 0.15) is 23.9 Å². The van der Waals surface area contributed by atoms with E-state index in [0.717, 1.165) is 36.1 Å². The molecule has 3 aromatic rings. The van der Waals surface area contributed by atoms with E-state index in [-0.39, 0.29) is 0 Å². The fourth-order valence-electron chi connectivity index (χ4n) is 3.46. The molecule has 2 heterocycles. The van der Waals surface area contributed by atoms with Crippen LogP contribution in [0.15, 0.2) is 54.6 Å². The second kappa shape index (κ2) is 6.96. The van der Waals surface area contributed by atoms with Gasteiger partial charge >= 0.3 is 0 Å². The Hall–Kier alpha value is -2.59. The van der Waals surface area contributed by atoms with Crippen molar-refractivity contribution in [1.29, 1.82) is 0 Å². The fourth-order valence-corrected chi connectivity index (χ4v) is 3.65. The number of fused-ring (bicyclic) bond motifs is 1. The van der Waals surface area contributed by atoms with Crippen LogP contribution in [0.4, 0.5) is 17.3 Å². The first-order valence-corrected chi connectivity index (χ1v) is 9.18. The van der Waals surface area contributed by atoms with Crippen LogP contribution in [0.2, 0.25) is 5.02 Å². The zero-order valence-corrected chi connectivity index (χ0v) is 15.7. The average Bonchev–Trinajstić information content (AvgIpc) is 2.60. The number of rotatable bonds is 3. The molecule has 1 aliphatic heterocycles.